The van der Waals surface area contributed by atoms with Crippen LogP contribution < -0.4 is 0 Å². The minimum absolute atomic E-state index is 0.828. The van der Waals surface area contributed by atoms with Crippen LogP contribution in [0.1, 0.15) is 0 Å². The van der Waals surface area contributed by atoms with Crippen molar-refractivity contribution in [2.24, 2.45) is 0 Å². The largest absolute Gasteiger partial charge is 0.243 e. The van der Waals surface area contributed by atoms with Gasteiger partial charge in [-0.15, -0.1) is 16.4 Å². The summed E-state index contributed by atoms with van der Waals surface area (Å²) in [6.07, 6.45) is 1.65. The Labute approximate surface area is 67.8 Å². The number of rotatable bonds is 1. The molecule has 0 aromatic carbocycles. The van der Waals surface area contributed by atoms with Gasteiger partial charge in [0.25, 0.3) is 0 Å². The van der Waals surface area contributed by atoms with Gasteiger partial charge in [-0.3, -0.25) is 0 Å². The minimum atomic E-state index is 0.828. The van der Waals surface area contributed by atoms with E-state index in [1.54, 1.807) is 23.0 Å². The van der Waals surface area contributed by atoms with Crippen LogP contribution in [0.3, 0.4) is 0 Å². The molecule has 0 spiro atoms. The molecule has 0 amide bonds. The van der Waals surface area contributed by atoms with Gasteiger partial charge < -0.3 is 0 Å². The Morgan fingerprint density at radius 1 is 1.27 bits per heavy atom. The Morgan fingerprint density at radius 2 is 2.27 bits per heavy atom. The Hall–Kier alpha value is -1.29. The first-order valence-corrected chi connectivity index (χ1v) is 4.07. The highest BCUT2D eigenvalue weighted by Gasteiger charge is 1.98. The molecular weight excluding hydrogens is 158 g/mol. The van der Waals surface area contributed by atoms with Crippen molar-refractivity contribution in [3.8, 4) is 11.4 Å². The van der Waals surface area contributed by atoms with Gasteiger partial charge in [0.15, 0.2) is 0 Å². The van der Waals surface area contributed by atoms with Crippen LogP contribution in [0.25, 0.3) is 11.4 Å². The van der Waals surface area contributed by atoms with Crippen molar-refractivity contribution in [2.75, 3.05) is 0 Å². The summed E-state index contributed by atoms with van der Waals surface area (Å²) in [5.74, 6) is 0. The third-order valence-corrected chi connectivity index (χ3v) is 1.85. The summed E-state index contributed by atoms with van der Waals surface area (Å²) in [6, 6.07) is 3.74. The second kappa shape index (κ2) is 2.75. The molecule has 0 unspecified atom stereocenters. The fourth-order valence-corrected chi connectivity index (χ4v) is 1.32. The summed E-state index contributed by atoms with van der Waals surface area (Å²) in [4.78, 5) is 4.10. The summed E-state index contributed by atoms with van der Waals surface area (Å²) in [5.41, 5.74) is 3.50. The first kappa shape index (κ1) is 6.42. The standard InChI is InChI=1S/C7H5N3S/c1-2-6(10-9-3-1)7-4-11-5-8-7/h1-5H. The number of hydrogen-bond acceptors (Lipinski definition) is 4. The topological polar surface area (TPSA) is 38.7 Å². The highest BCUT2D eigenvalue weighted by atomic mass is 32.1. The fourth-order valence-electron chi connectivity index (χ4n) is 0.777. The van der Waals surface area contributed by atoms with E-state index < -0.39 is 0 Å². The molecule has 2 aromatic heterocycles. The average Bonchev–Trinajstić information content (AvgIpc) is 2.58. The van der Waals surface area contributed by atoms with Crippen LogP contribution in [0.15, 0.2) is 29.2 Å². The SMILES string of the molecule is c1cnnc(-c2cscn2)c1. The number of aromatic nitrogens is 3. The van der Waals surface area contributed by atoms with E-state index in [1.807, 2.05) is 17.5 Å². The van der Waals surface area contributed by atoms with Crippen molar-refractivity contribution in [3.05, 3.63) is 29.2 Å². The molecule has 2 rings (SSSR count). The van der Waals surface area contributed by atoms with Gasteiger partial charge in [-0.2, -0.15) is 5.10 Å². The summed E-state index contributed by atoms with van der Waals surface area (Å²) in [6.45, 7) is 0. The van der Waals surface area contributed by atoms with Gasteiger partial charge in [0.2, 0.25) is 0 Å². The van der Waals surface area contributed by atoms with Crippen LogP contribution in [0, 0.1) is 0 Å². The Morgan fingerprint density at radius 3 is 2.91 bits per heavy atom. The maximum absolute atomic E-state index is 4.10. The van der Waals surface area contributed by atoms with Gasteiger partial charge in [0.05, 0.1) is 5.51 Å². The average molecular weight is 163 g/mol. The second-order valence-electron chi connectivity index (χ2n) is 1.98. The molecule has 0 bridgehead atoms. The molecule has 0 aliphatic rings. The minimum Gasteiger partial charge on any atom is -0.243 e. The quantitative estimate of drug-likeness (QED) is 0.641. The van der Waals surface area contributed by atoms with Crippen molar-refractivity contribution in [1.82, 2.24) is 15.2 Å². The third kappa shape index (κ3) is 1.25. The second-order valence-corrected chi connectivity index (χ2v) is 2.70. The van der Waals surface area contributed by atoms with Gasteiger partial charge in [0.1, 0.15) is 11.4 Å². The third-order valence-electron chi connectivity index (χ3n) is 1.27. The molecule has 2 aromatic rings. The van der Waals surface area contributed by atoms with Gasteiger partial charge >= 0.3 is 0 Å². The van der Waals surface area contributed by atoms with E-state index in [4.69, 9.17) is 0 Å². The molecule has 0 radical (unpaired) electrons. The van der Waals surface area contributed by atoms with Crippen LogP contribution in [-0.4, -0.2) is 15.2 Å². The molecular formula is C7H5N3S. The van der Waals surface area contributed by atoms with Crippen LogP contribution in [0.4, 0.5) is 0 Å². The van der Waals surface area contributed by atoms with Crippen LogP contribution in [0.5, 0.6) is 0 Å². The summed E-state index contributed by atoms with van der Waals surface area (Å²) in [7, 11) is 0. The zero-order valence-corrected chi connectivity index (χ0v) is 6.45. The first-order valence-electron chi connectivity index (χ1n) is 3.13. The van der Waals surface area contributed by atoms with E-state index >= 15 is 0 Å². The van der Waals surface area contributed by atoms with E-state index in [-0.39, 0.29) is 0 Å². The zero-order valence-electron chi connectivity index (χ0n) is 5.64. The Balaban J connectivity index is 2.46. The molecule has 0 atom stereocenters. The lowest BCUT2D eigenvalue weighted by Gasteiger charge is -1.89. The van der Waals surface area contributed by atoms with Crippen molar-refractivity contribution in [1.29, 1.82) is 0 Å². The molecule has 3 nitrogen and oxygen atoms in total. The van der Waals surface area contributed by atoms with E-state index in [0.717, 1.165) is 11.4 Å². The molecule has 4 heteroatoms. The lowest BCUT2D eigenvalue weighted by Crippen LogP contribution is -1.84. The number of nitrogens with zero attached hydrogens (tertiary/aromatic N) is 3. The van der Waals surface area contributed by atoms with Crippen molar-refractivity contribution in [2.45, 2.75) is 0 Å². The molecule has 0 saturated heterocycles. The van der Waals surface area contributed by atoms with E-state index in [0.29, 0.717) is 0 Å². The molecule has 0 N–H and O–H groups in total. The number of thiazole rings is 1. The van der Waals surface area contributed by atoms with Crippen molar-refractivity contribution < 1.29 is 0 Å². The zero-order chi connectivity index (χ0) is 7.52. The summed E-state index contributed by atoms with van der Waals surface area (Å²) < 4.78 is 0. The lowest BCUT2D eigenvalue weighted by molar-refractivity contribution is 1.03. The van der Waals surface area contributed by atoms with Gasteiger partial charge in [-0.05, 0) is 12.1 Å². The summed E-state index contributed by atoms with van der Waals surface area (Å²) in [5, 5.41) is 9.62. The number of hydrogen-bond donors (Lipinski definition) is 0. The molecule has 54 valence electrons. The lowest BCUT2D eigenvalue weighted by atomic mass is 10.3. The maximum atomic E-state index is 4.10. The normalized spacial score (nSPS) is 9.82. The predicted molar refractivity (Wildman–Crippen MR) is 43.1 cm³/mol. The Kier molecular flexibility index (Phi) is 1.61. The molecule has 2 heterocycles. The van der Waals surface area contributed by atoms with E-state index in [1.165, 1.54) is 0 Å². The molecule has 0 aliphatic heterocycles. The van der Waals surface area contributed by atoms with Gasteiger partial charge in [-0.1, -0.05) is 0 Å². The molecule has 0 aliphatic carbocycles. The highest BCUT2D eigenvalue weighted by molar-refractivity contribution is 7.07. The molecule has 11 heavy (non-hydrogen) atoms. The maximum Gasteiger partial charge on any atom is 0.112 e. The predicted octanol–water partition coefficient (Wildman–Crippen LogP) is 1.60. The van der Waals surface area contributed by atoms with Crippen molar-refractivity contribution in [3.63, 3.8) is 0 Å². The van der Waals surface area contributed by atoms with Gasteiger partial charge in [0, 0.05) is 11.6 Å². The van der Waals surface area contributed by atoms with E-state index in [9.17, 15) is 0 Å². The smallest absolute Gasteiger partial charge is 0.112 e. The molecule has 0 saturated carbocycles. The van der Waals surface area contributed by atoms with Crippen LogP contribution in [0.2, 0.25) is 0 Å². The first-order chi connectivity index (χ1) is 5.47. The Bertz CT molecular complexity index is 317. The highest BCUT2D eigenvalue weighted by Crippen LogP contribution is 2.13. The molecule has 0 fully saturated rings. The van der Waals surface area contributed by atoms with Crippen LogP contribution >= 0.6 is 11.3 Å². The van der Waals surface area contributed by atoms with E-state index in [2.05, 4.69) is 15.2 Å². The fraction of sp³-hybridized carbons (Fsp3) is 0. The monoisotopic (exact) mass is 163 g/mol. The van der Waals surface area contributed by atoms with Crippen molar-refractivity contribution >= 4 is 11.3 Å². The van der Waals surface area contributed by atoms with Gasteiger partial charge in [-0.25, -0.2) is 4.98 Å². The summed E-state index contributed by atoms with van der Waals surface area (Å²) >= 11 is 1.56. The van der Waals surface area contributed by atoms with Crippen LogP contribution in [-0.2, 0) is 0 Å².